The molecule has 2 heterocycles. The van der Waals surface area contributed by atoms with E-state index in [1.165, 1.54) is 0 Å². The third kappa shape index (κ3) is 7.28. The van der Waals surface area contributed by atoms with Crippen LogP contribution < -0.4 is 5.32 Å². The molecular weight excluding hydrogens is 454 g/mol. The van der Waals surface area contributed by atoms with E-state index in [1.807, 2.05) is 39.0 Å². The van der Waals surface area contributed by atoms with Gasteiger partial charge in [0.1, 0.15) is 0 Å². The third-order valence-corrected chi connectivity index (χ3v) is 7.28. The zero-order valence-corrected chi connectivity index (χ0v) is 21.3. The van der Waals surface area contributed by atoms with Gasteiger partial charge in [0.25, 0.3) is 0 Å². The van der Waals surface area contributed by atoms with Crippen LogP contribution in [-0.4, -0.2) is 79.7 Å². The van der Waals surface area contributed by atoms with Gasteiger partial charge in [0.2, 0.25) is 15.0 Å². The van der Waals surface area contributed by atoms with E-state index in [2.05, 4.69) is 15.2 Å². The Morgan fingerprint density at radius 1 is 1.21 bits per heavy atom. The number of carbonyl (C=O) groups is 1. The van der Waals surface area contributed by atoms with Crippen LogP contribution >= 0.6 is 0 Å². The molecule has 0 bridgehead atoms. The van der Waals surface area contributed by atoms with Crippen molar-refractivity contribution < 1.29 is 17.9 Å². The summed E-state index contributed by atoms with van der Waals surface area (Å²) in [5.74, 6) is 0.101. The van der Waals surface area contributed by atoms with Crippen LogP contribution in [0, 0.1) is 5.92 Å². The third-order valence-electron chi connectivity index (χ3n) is 5.68. The molecule has 2 amide bonds. The maximum atomic E-state index is 13.3. The molecule has 0 saturated carbocycles. The number of nitrogens with zero attached hydrogens (tertiary/aromatic N) is 4. The van der Waals surface area contributed by atoms with Crippen molar-refractivity contribution in [2.24, 2.45) is 5.92 Å². The molecule has 0 unspecified atom stereocenters. The number of imidazole rings is 1. The number of aromatic nitrogens is 2. The van der Waals surface area contributed by atoms with Crippen molar-refractivity contribution in [1.29, 1.82) is 0 Å². The van der Waals surface area contributed by atoms with Crippen molar-refractivity contribution >= 4 is 15.9 Å². The number of amides is 2. The van der Waals surface area contributed by atoms with E-state index in [4.69, 9.17) is 4.74 Å². The molecule has 9 nitrogen and oxygen atoms in total. The van der Waals surface area contributed by atoms with Crippen LogP contribution in [0.3, 0.4) is 0 Å². The summed E-state index contributed by atoms with van der Waals surface area (Å²) >= 11 is 0. The summed E-state index contributed by atoms with van der Waals surface area (Å²) in [4.78, 5) is 21.2. The van der Waals surface area contributed by atoms with Gasteiger partial charge in [-0.25, -0.2) is 18.2 Å². The van der Waals surface area contributed by atoms with Gasteiger partial charge in [0.15, 0.2) is 0 Å². The van der Waals surface area contributed by atoms with Gasteiger partial charge in [0.05, 0.1) is 37.4 Å². The molecule has 2 aromatic rings. The first-order valence-electron chi connectivity index (χ1n) is 11.9. The molecule has 188 valence electrons. The molecule has 1 aromatic heterocycles. The van der Waals surface area contributed by atoms with Gasteiger partial charge in [-0.15, -0.1) is 0 Å². The fraction of sp³-hybridized carbons (Fsp3) is 0.583. The number of sulfone groups is 1. The Labute approximate surface area is 203 Å². The smallest absolute Gasteiger partial charge is 0.317 e. The molecule has 0 aliphatic carbocycles. The lowest BCUT2D eigenvalue weighted by molar-refractivity contribution is 0.0346. The second-order valence-corrected chi connectivity index (χ2v) is 10.9. The second kappa shape index (κ2) is 12.3. The van der Waals surface area contributed by atoms with Gasteiger partial charge >= 0.3 is 6.03 Å². The van der Waals surface area contributed by atoms with E-state index < -0.39 is 9.84 Å². The van der Waals surface area contributed by atoms with Crippen molar-refractivity contribution in [3.63, 3.8) is 0 Å². The van der Waals surface area contributed by atoms with Crippen LogP contribution in [0.1, 0.15) is 32.0 Å². The normalized spacial score (nSPS) is 14.9. The number of morpholine rings is 1. The Balaban J connectivity index is 1.83. The molecule has 34 heavy (non-hydrogen) atoms. The van der Waals surface area contributed by atoms with Gasteiger partial charge in [0, 0.05) is 39.3 Å². The van der Waals surface area contributed by atoms with Crippen LogP contribution in [0.4, 0.5) is 4.79 Å². The predicted octanol–water partition coefficient (Wildman–Crippen LogP) is 2.38. The lowest BCUT2D eigenvalue weighted by Gasteiger charge is -2.30. The maximum absolute atomic E-state index is 13.3. The van der Waals surface area contributed by atoms with Gasteiger partial charge in [-0.05, 0) is 18.4 Å². The molecule has 3 rings (SSSR count). The van der Waals surface area contributed by atoms with Crippen LogP contribution in [0.15, 0.2) is 41.7 Å². The summed E-state index contributed by atoms with van der Waals surface area (Å²) in [6.07, 6.45) is 1.60. The summed E-state index contributed by atoms with van der Waals surface area (Å²) in [6.45, 7) is 11.6. The average Bonchev–Trinajstić information content (AvgIpc) is 3.20. The SMILES string of the molecule is CCNC(=O)N(CCN1CCOCC1)Cc1cnc(S(=O)(=O)Cc2ccccc2)n1CC(C)C. The predicted molar refractivity (Wildman–Crippen MR) is 131 cm³/mol. The second-order valence-electron chi connectivity index (χ2n) is 8.99. The molecule has 1 aliphatic heterocycles. The van der Waals surface area contributed by atoms with Crippen LogP contribution in [0.5, 0.6) is 0 Å². The number of rotatable bonds is 11. The largest absolute Gasteiger partial charge is 0.379 e. The molecule has 0 spiro atoms. The Kier molecular flexibility index (Phi) is 9.49. The van der Waals surface area contributed by atoms with E-state index in [9.17, 15) is 13.2 Å². The first-order valence-corrected chi connectivity index (χ1v) is 13.6. The lowest BCUT2D eigenvalue weighted by atomic mass is 10.2. The summed E-state index contributed by atoms with van der Waals surface area (Å²) in [5, 5.41) is 2.94. The first kappa shape index (κ1) is 26.2. The van der Waals surface area contributed by atoms with Crippen molar-refractivity contribution in [2.75, 3.05) is 45.9 Å². The highest BCUT2D eigenvalue weighted by Gasteiger charge is 2.26. The zero-order chi connectivity index (χ0) is 24.6. The van der Waals surface area contributed by atoms with Gasteiger partial charge < -0.3 is 19.5 Å². The van der Waals surface area contributed by atoms with E-state index in [0.29, 0.717) is 38.5 Å². The molecular formula is C24H37N5O4S. The lowest BCUT2D eigenvalue weighted by Crippen LogP contribution is -2.46. The van der Waals surface area contributed by atoms with Crippen molar-refractivity contribution in [1.82, 2.24) is 24.7 Å². The summed E-state index contributed by atoms with van der Waals surface area (Å²) in [7, 11) is -3.65. The monoisotopic (exact) mass is 491 g/mol. The van der Waals surface area contributed by atoms with Crippen molar-refractivity contribution in [2.45, 2.75) is 44.8 Å². The summed E-state index contributed by atoms with van der Waals surface area (Å²) < 4.78 is 33.7. The van der Waals surface area contributed by atoms with E-state index in [0.717, 1.165) is 25.2 Å². The average molecular weight is 492 g/mol. The number of urea groups is 1. The molecule has 1 aromatic carbocycles. The molecule has 0 radical (unpaired) electrons. The fourth-order valence-electron chi connectivity index (χ4n) is 3.98. The summed E-state index contributed by atoms with van der Waals surface area (Å²) in [5.41, 5.74) is 1.44. The Hall–Kier alpha value is -2.43. The van der Waals surface area contributed by atoms with Crippen LogP contribution in [0.25, 0.3) is 0 Å². The molecule has 1 N–H and O–H groups in total. The minimum Gasteiger partial charge on any atom is -0.379 e. The molecule has 1 saturated heterocycles. The van der Waals surface area contributed by atoms with E-state index in [1.54, 1.807) is 27.8 Å². The van der Waals surface area contributed by atoms with Gasteiger partial charge in [-0.1, -0.05) is 44.2 Å². The highest BCUT2D eigenvalue weighted by molar-refractivity contribution is 7.90. The quantitative estimate of drug-likeness (QED) is 0.518. The first-order chi connectivity index (χ1) is 16.3. The van der Waals surface area contributed by atoms with Crippen molar-refractivity contribution in [3.8, 4) is 0 Å². The van der Waals surface area contributed by atoms with Crippen LogP contribution in [-0.2, 0) is 33.4 Å². The number of ether oxygens (including phenoxy) is 1. The Bertz CT molecular complexity index is 1020. The molecule has 10 heteroatoms. The Morgan fingerprint density at radius 3 is 2.56 bits per heavy atom. The highest BCUT2D eigenvalue weighted by Crippen LogP contribution is 2.20. The van der Waals surface area contributed by atoms with E-state index in [-0.39, 0.29) is 29.4 Å². The number of nitrogens with one attached hydrogen (secondary N) is 1. The maximum Gasteiger partial charge on any atom is 0.317 e. The summed E-state index contributed by atoms with van der Waals surface area (Å²) in [6, 6.07) is 8.96. The topological polar surface area (TPSA) is 96.8 Å². The molecule has 0 atom stereocenters. The highest BCUT2D eigenvalue weighted by atomic mass is 32.2. The number of carbonyl (C=O) groups excluding carboxylic acids is 1. The van der Waals surface area contributed by atoms with Gasteiger partial charge in [-0.2, -0.15) is 0 Å². The number of hydrogen-bond acceptors (Lipinski definition) is 6. The number of benzene rings is 1. The fourth-order valence-corrected chi connectivity index (χ4v) is 5.48. The zero-order valence-electron chi connectivity index (χ0n) is 20.4. The van der Waals surface area contributed by atoms with Crippen LogP contribution in [0.2, 0.25) is 0 Å². The van der Waals surface area contributed by atoms with Crippen molar-refractivity contribution in [3.05, 3.63) is 47.8 Å². The Morgan fingerprint density at radius 2 is 1.91 bits per heavy atom. The van der Waals surface area contributed by atoms with E-state index >= 15 is 0 Å². The standard InChI is InChI=1S/C24H37N5O4S/c1-4-25-23(30)28(11-10-27-12-14-33-15-13-27)18-22-16-26-24(29(22)17-20(2)3)34(31,32)19-21-8-6-5-7-9-21/h5-9,16,20H,4,10-15,17-19H2,1-3H3,(H,25,30). The molecule has 1 fully saturated rings. The molecule has 1 aliphatic rings. The number of hydrogen-bond donors (Lipinski definition) is 1. The van der Waals surface area contributed by atoms with Gasteiger partial charge in [-0.3, -0.25) is 4.90 Å². The minimum absolute atomic E-state index is 0.0593. The minimum atomic E-state index is -3.65.